The molecule has 3 unspecified atom stereocenters. The highest BCUT2D eigenvalue weighted by molar-refractivity contribution is 8.00. The van der Waals surface area contributed by atoms with Gasteiger partial charge in [-0.25, -0.2) is 0 Å². The van der Waals surface area contributed by atoms with Gasteiger partial charge in [-0.3, -0.25) is 4.90 Å². The zero-order valence-electron chi connectivity index (χ0n) is 10.4. The Morgan fingerprint density at radius 1 is 1.50 bits per heavy atom. The van der Waals surface area contributed by atoms with Crippen LogP contribution in [0.2, 0.25) is 0 Å². The highest BCUT2D eigenvalue weighted by Crippen LogP contribution is 2.25. The van der Waals surface area contributed by atoms with Crippen molar-refractivity contribution in [2.75, 3.05) is 38.5 Å². The van der Waals surface area contributed by atoms with Gasteiger partial charge in [0.05, 0.1) is 12.7 Å². The lowest BCUT2D eigenvalue weighted by Crippen LogP contribution is -2.48. The smallest absolute Gasteiger partial charge is 0.0826 e. The highest BCUT2D eigenvalue weighted by Gasteiger charge is 2.24. The molecule has 3 nitrogen and oxygen atoms in total. The zero-order valence-corrected chi connectivity index (χ0v) is 11.3. The van der Waals surface area contributed by atoms with Crippen LogP contribution in [0.25, 0.3) is 0 Å². The number of ether oxygens (including phenoxy) is 1. The first-order chi connectivity index (χ1) is 7.78. The SMILES string of the molecule is CCN1CCOC(CNC2CSC(C)C2)C1. The van der Waals surface area contributed by atoms with Gasteiger partial charge in [-0.1, -0.05) is 13.8 Å². The fourth-order valence-corrected chi connectivity index (χ4v) is 3.63. The van der Waals surface area contributed by atoms with E-state index in [4.69, 9.17) is 4.74 Å². The molecule has 2 aliphatic heterocycles. The standard InChI is InChI=1S/C12H24N2OS/c1-3-14-4-5-15-12(8-14)7-13-11-6-10(2)16-9-11/h10-13H,3-9H2,1-2H3. The molecule has 0 saturated carbocycles. The number of rotatable bonds is 4. The summed E-state index contributed by atoms with van der Waals surface area (Å²) in [6, 6.07) is 0.709. The fraction of sp³-hybridized carbons (Fsp3) is 1.00. The van der Waals surface area contributed by atoms with Crippen LogP contribution >= 0.6 is 11.8 Å². The van der Waals surface area contributed by atoms with Crippen LogP contribution in [-0.2, 0) is 4.74 Å². The summed E-state index contributed by atoms with van der Waals surface area (Å²) in [6.07, 6.45) is 1.71. The van der Waals surface area contributed by atoms with Gasteiger partial charge in [-0.2, -0.15) is 11.8 Å². The Balaban J connectivity index is 1.65. The van der Waals surface area contributed by atoms with Crippen LogP contribution in [0.3, 0.4) is 0 Å². The van der Waals surface area contributed by atoms with Crippen LogP contribution in [0.4, 0.5) is 0 Å². The summed E-state index contributed by atoms with van der Waals surface area (Å²) in [7, 11) is 0. The summed E-state index contributed by atoms with van der Waals surface area (Å²) < 4.78 is 5.79. The van der Waals surface area contributed by atoms with E-state index in [-0.39, 0.29) is 0 Å². The molecule has 0 bridgehead atoms. The predicted molar refractivity (Wildman–Crippen MR) is 70.2 cm³/mol. The lowest BCUT2D eigenvalue weighted by Gasteiger charge is -2.32. The average molecular weight is 244 g/mol. The van der Waals surface area contributed by atoms with Crippen LogP contribution in [0, 0.1) is 0 Å². The maximum absolute atomic E-state index is 5.79. The summed E-state index contributed by atoms with van der Waals surface area (Å²) in [6.45, 7) is 9.82. The van der Waals surface area contributed by atoms with Gasteiger partial charge in [0.15, 0.2) is 0 Å². The highest BCUT2D eigenvalue weighted by atomic mass is 32.2. The second-order valence-electron chi connectivity index (χ2n) is 4.87. The Morgan fingerprint density at radius 2 is 2.38 bits per heavy atom. The molecule has 94 valence electrons. The third-order valence-electron chi connectivity index (χ3n) is 3.50. The number of nitrogens with one attached hydrogen (secondary N) is 1. The van der Waals surface area contributed by atoms with Crippen molar-refractivity contribution in [1.29, 1.82) is 0 Å². The van der Waals surface area contributed by atoms with Crippen molar-refractivity contribution in [2.45, 2.75) is 37.7 Å². The molecule has 1 N–H and O–H groups in total. The normalized spacial score (nSPS) is 36.8. The summed E-state index contributed by atoms with van der Waals surface area (Å²) in [4.78, 5) is 2.47. The Kier molecular flexibility index (Phi) is 4.95. The van der Waals surface area contributed by atoms with E-state index in [9.17, 15) is 0 Å². The molecule has 16 heavy (non-hydrogen) atoms. The van der Waals surface area contributed by atoms with E-state index in [2.05, 4.69) is 35.8 Å². The summed E-state index contributed by atoms with van der Waals surface area (Å²) in [5, 5.41) is 4.48. The average Bonchev–Trinajstić information content (AvgIpc) is 2.73. The Labute approximate surface area is 103 Å². The molecular formula is C12H24N2OS. The molecule has 3 atom stereocenters. The van der Waals surface area contributed by atoms with Gasteiger partial charge in [-0.15, -0.1) is 0 Å². The molecule has 0 aromatic rings. The molecule has 2 saturated heterocycles. The second kappa shape index (κ2) is 6.24. The van der Waals surface area contributed by atoms with Gasteiger partial charge in [0, 0.05) is 36.7 Å². The quantitative estimate of drug-likeness (QED) is 0.803. The van der Waals surface area contributed by atoms with Crippen molar-refractivity contribution in [3.63, 3.8) is 0 Å². The predicted octanol–water partition coefficient (Wildman–Crippen LogP) is 1.19. The number of nitrogens with zero attached hydrogens (tertiary/aromatic N) is 1. The Bertz CT molecular complexity index is 215. The minimum absolute atomic E-state index is 0.398. The molecule has 0 aromatic heterocycles. The van der Waals surface area contributed by atoms with Crippen molar-refractivity contribution >= 4 is 11.8 Å². The maximum atomic E-state index is 5.79. The Morgan fingerprint density at radius 3 is 3.06 bits per heavy atom. The number of hydrogen-bond donors (Lipinski definition) is 1. The first-order valence-corrected chi connectivity index (χ1v) is 7.51. The van der Waals surface area contributed by atoms with E-state index in [1.54, 1.807) is 0 Å². The minimum atomic E-state index is 0.398. The first-order valence-electron chi connectivity index (χ1n) is 6.47. The summed E-state index contributed by atoms with van der Waals surface area (Å²) in [5.41, 5.74) is 0. The van der Waals surface area contributed by atoms with Gasteiger partial charge in [0.1, 0.15) is 0 Å². The van der Waals surface area contributed by atoms with Crippen LogP contribution in [0.1, 0.15) is 20.3 Å². The van der Waals surface area contributed by atoms with Gasteiger partial charge < -0.3 is 10.1 Å². The lowest BCUT2D eigenvalue weighted by molar-refractivity contribution is -0.0261. The van der Waals surface area contributed by atoms with Crippen molar-refractivity contribution < 1.29 is 4.74 Å². The van der Waals surface area contributed by atoms with Gasteiger partial charge >= 0.3 is 0 Å². The maximum Gasteiger partial charge on any atom is 0.0826 e. The third-order valence-corrected chi connectivity index (χ3v) is 4.86. The minimum Gasteiger partial charge on any atom is -0.374 e. The molecule has 2 heterocycles. The van der Waals surface area contributed by atoms with E-state index in [0.29, 0.717) is 12.1 Å². The molecule has 2 rings (SSSR count). The zero-order chi connectivity index (χ0) is 11.4. The van der Waals surface area contributed by atoms with Gasteiger partial charge in [0.25, 0.3) is 0 Å². The van der Waals surface area contributed by atoms with E-state index in [0.717, 1.165) is 38.0 Å². The molecule has 0 spiro atoms. The molecule has 2 aliphatic rings. The third kappa shape index (κ3) is 3.62. The molecule has 2 fully saturated rings. The number of hydrogen-bond acceptors (Lipinski definition) is 4. The molecule has 0 radical (unpaired) electrons. The lowest BCUT2D eigenvalue weighted by atomic mass is 10.2. The van der Waals surface area contributed by atoms with Crippen LogP contribution in [0.5, 0.6) is 0 Å². The van der Waals surface area contributed by atoms with Crippen LogP contribution in [0.15, 0.2) is 0 Å². The molecular weight excluding hydrogens is 220 g/mol. The Hall–Kier alpha value is 0.230. The van der Waals surface area contributed by atoms with E-state index >= 15 is 0 Å². The van der Waals surface area contributed by atoms with Crippen molar-refractivity contribution in [3.8, 4) is 0 Å². The largest absolute Gasteiger partial charge is 0.374 e. The first kappa shape index (κ1) is 12.7. The topological polar surface area (TPSA) is 24.5 Å². The number of morpholine rings is 1. The monoisotopic (exact) mass is 244 g/mol. The molecule has 4 heteroatoms. The summed E-state index contributed by atoms with van der Waals surface area (Å²) >= 11 is 2.08. The number of likely N-dealkylation sites (N-methyl/N-ethyl adjacent to an activating group) is 1. The van der Waals surface area contributed by atoms with Gasteiger partial charge in [0.2, 0.25) is 0 Å². The van der Waals surface area contributed by atoms with E-state index < -0.39 is 0 Å². The van der Waals surface area contributed by atoms with E-state index in [1.165, 1.54) is 12.2 Å². The van der Waals surface area contributed by atoms with Crippen LogP contribution in [-0.4, -0.2) is 60.8 Å². The van der Waals surface area contributed by atoms with Gasteiger partial charge in [-0.05, 0) is 13.0 Å². The second-order valence-corrected chi connectivity index (χ2v) is 6.34. The summed E-state index contributed by atoms with van der Waals surface area (Å²) in [5.74, 6) is 1.27. The van der Waals surface area contributed by atoms with Crippen LogP contribution < -0.4 is 5.32 Å². The van der Waals surface area contributed by atoms with E-state index in [1.807, 2.05) is 0 Å². The van der Waals surface area contributed by atoms with Crippen molar-refractivity contribution in [1.82, 2.24) is 10.2 Å². The molecule has 0 amide bonds. The number of thioether (sulfide) groups is 1. The fourth-order valence-electron chi connectivity index (χ4n) is 2.45. The van der Waals surface area contributed by atoms with Crippen molar-refractivity contribution in [3.05, 3.63) is 0 Å². The molecule has 0 aromatic carbocycles. The molecule has 0 aliphatic carbocycles. The van der Waals surface area contributed by atoms with Crippen molar-refractivity contribution in [2.24, 2.45) is 0 Å².